The first kappa shape index (κ1) is 12.5. The molecule has 0 amide bonds. The maximum atomic E-state index is 5.03. The van der Waals surface area contributed by atoms with Crippen molar-refractivity contribution in [2.24, 2.45) is 0 Å². The van der Waals surface area contributed by atoms with Crippen LogP contribution in [0, 0.1) is 0 Å². The second kappa shape index (κ2) is 4.97. The number of aryl methyl sites for hydroxylation is 1. The zero-order chi connectivity index (χ0) is 13.5. The third kappa shape index (κ3) is 1.92. The van der Waals surface area contributed by atoms with Gasteiger partial charge in [-0.3, -0.25) is 0 Å². The Hall–Kier alpha value is -1.19. The van der Waals surface area contributed by atoms with Gasteiger partial charge in [-0.2, -0.15) is 0 Å². The zero-order valence-electron chi connectivity index (χ0n) is 11.9. The molecule has 0 saturated heterocycles. The number of rotatable bonds is 3. The molecule has 1 aromatic heterocycles. The van der Waals surface area contributed by atoms with E-state index in [1.165, 1.54) is 52.4 Å². The minimum absolute atomic E-state index is 0.490. The molecule has 1 heterocycles. The van der Waals surface area contributed by atoms with E-state index in [0.29, 0.717) is 12.0 Å². The predicted molar refractivity (Wildman–Crippen MR) is 83.5 cm³/mol. The number of aromatic nitrogens is 1. The van der Waals surface area contributed by atoms with Crippen molar-refractivity contribution in [3.05, 3.63) is 51.0 Å². The van der Waals surface area contributed by atoms with Crippen molar-refractivity contribution < 1.29 is 0 Å². The van der Waals surface area contributed by atoms with Gasteiger partial charge in [-0.1, -0.05) is 31.2 Å². The number of nitrogens with zero attached hydrogens (tertiary/aromatic N) is 1. The normalized spacial score (nSPS) is 23.9. The Morgan fingerprint density at radius 3 is 3.10 bits per heavy atom. The zero-order valence-corrected chi connectivity index (χ0v) is 12.7. The molecular formula is C17H20N2S. The fraction of sp³-hybridized carbons (Fsp3) is 0.471. The molecule has 2 nitrogen and oxygen atoms in total. The number of benzene rings is 1. The molecule has 2 aliphatic rings. The lowest BCUT2D eigenvalue weighted by Gasteiger charge is -2.28. The molecule has 104 valence electrons. The quantitative estimate of drug-likeness (QED) is 0.927. The average Bonchev–Trinajstić information content (AvgIpc) is 2.85. The SMILES string of the molecule is CCNC1CCCc2sc(C3Cc4ccccc43)nc21. The van der Waals surface area contributed by atoms with Crippen LogP contribution in [0.3, 0.4) is 0 Å². The van der Waals surface area contributed by atoms with Gasteiger partial charge in [0, 0.05) is 10.8 Å². The first-order valence-electron chi connectivity index (χ1n) is 7.67. The number of hydrogen-bond acceptors (Lipinski definition) is 3. The Labute approximate surface area is 124 Å². The average molecular weight is 284 g/mol. The number of fused-ring (bicyclic) bond motifs is 2. The molecule has 20 heavy (non-hydrogen) atoms. The molecule has 1 N–H and O–H groups in total. The van der Waals surface area contributed by atoms with Gasteiger partial charge in [0.05, 0.1) is 11.7 Å². The second-order valence-corrected chi connectivity index (χ2v) is 6.93. The molecule has 3 heteroatoms. The third-order valence-corrected chi connectivity index (χ3v) is 5.82. The highest BCUT2D eigenvalue weighted by Crippen LogP contribution is 2.44. The summed E-state index contributed by atoms with van der Waals surface area (Å²) in [6.07, 6.45) is 4.94. The first-order valence-corrected chi connectivity index (χ1v) is 8.49. The molecule has 2 atom stereocenters. The lowest BCUT2D eigenvalue weighted by Crippen LogP contribution is -2.25. The monoisotopic (exact) mass is 284 g/mol. The molecule has 2 unspecified atom stereocenters. The van der Waals surface area contributed by atoms with Crippen LogP contribution >= 0.6 is 11.3 Å². The lowest BCUT2D eigenvalue weighted by molar-refractivity contribution is 0.464. The molecule has 4 rings (SSSR count). The molecule has 0 spiro atoms. The van der Waals surface area contributed by atoms with Crippen molar-refractivity contribution in [1.29, 1.82) is 0 Å². The molecule has 0 fully saturated rings. The topological polar surface area (TPSA) is 24.9 Å². The summed E-state index contributed by atoms with van der Waals surface area (Å²) in [7, 11) is 0. The number of hydrogen-bond donors (Lipinski definition) is 1. The van der Waals surface area contributed by atoms with E-state index >= 15 is 0 Å². The summed E-state index contributed by atoms with van der Waals surface area (Å²) in [5.41, 5.74) is 4.36. The third-order valence-electron chi connectivity index (χ3n) is 4.57. The fourth-order valence-corrected chi connectivity index (χ4v) is 4.80. The Morgan fingerprint density at radius 2 is 2.25 bits per heavy atom. The van der Waals surface area contributed by atoms with Crippen LogP contribution in [0.4, 0.5) is 0 Å². The van der Waals surface area contributed by atoms with Crippen LogP contribution in [0.1, 0.15) is 58.4 Å². The van der Waals surface area contributed by atoms with Gasteiger partial charge in [-0.25, -0.2) is 4.98 Å². The van der Waals surface area contributed by atoms with Crippen LogP contribution in [0.2, 0.25) is 0 Å². The van der Waals surface area contributed by atoms with E-state index in [4.69, 9.17) is 4.98 Å². The van der Waals surface area contributed by atoms with Crippen LogP contribution in [-0.4, -0.2) is 11.5 Å². The summed E-state index contributed by atoms with van der Waals surface area (Å²) < 4.78 is 0. The predicted octanol–water partition coefficient (Wildman–Crippen LogP) is 3.82. The molecule has 2 aliphatic carbocycles. The maximum absolute atomic E-state index is 5.03. The second-order valence-electron chi connectivity index (χ2n) is 5.82. The van der Waals surface area contributed by atoms with E-state index in [1.807, 2.05) is 11.3 Å². The Kier molecular flexibility index (Phi) is 3.12. The summed E-state index contributed by atoms with van der Waals surface area (Å²) in [5, 5.41) is 4.94. The van der Waals surface area contributed by atoms with E-state index in [-0.39, 0.29) is 0 Å². The fourth-order valence-electron chi connectivity index (χ4n) is 3.51. The van der Waals surface area contributed by atoms with Gasteiger partial charge >= 0.3 is 0 Å². The summed E-state index contributed by atoms with van der Waals surface area (Å²) >= 11 is 1.96. The van der Waals surface area contributed by atoms with Crippen molar-refractivity contribution >= 4 is 11.3 Å². The smallest absolute Gasteiger partial charge is 0.101 e. The number of thiazole rings is 1. The van der Waals surface area contributed by atoms with Gasteiger partial charge < -0.3 is 5.32 Å². The molecule has 0 aliphatic heterocycles. The summed E-state index contributed by atoms with van der Waals surface area (Å²) in [6.45, 7) is 3.22. The van der Waals surface area contributed by atoms with Gasteiger partial charge in [0.15, 0.2) is 0 Å². The summed E-state index contributed by atoms with van der Waals surface area (Å²) in [6, 6.07) is 9.30. The van der Waals surface area contributed by atoms with E-state index in [2.05, 4.69) is 36.5 Å². The minimum atomic E-state index is 0.490. The van der Waals surface area contributed by atoms with E-state index in [9.17, 15) is 0 Å². The van der Waals surface area contributed by atoms with Crippen LogP contribution in [0.25, 0.3) is 0 Å². The van der Waals surface area contributed by atoms with Crippen molar-refractivity contribution in [2.75, 3.05) is 6.54 Å². The largest absolute Gasteiger partial charge is 0.309 e. The highest BCUT2D eigenvalue weighted by molar-refractivity contribution is 7.11. The Balaban J connectivity index is 1.66. The van der Waals surface area contributed by atoms with E-state index in [1.54, 1.807) is 0 Å². The van der Waals surface area contributed by atoms with E-state index < -0.39 is 0 Å². The number of nitrogens with one attached hydrogen (secondary N) is 1. The standard InChI is InChI=1S/C17H20N2S/c1-2-18-14-8-5-9-15-16(14)19-17(20-15)13-10-11-6-3-4-7-12(11)13/h3-4,6-7,13-14,18H,2,5,8-10H2,1H3. The summed E-state index contributed by atoms with van der Waals surface area (Å²) in [4.78, 5) is 6.56. The van der Waals surface area contributed by atoms with Gasteiger partial charge in [0.1, 0.15) is 5.01 Å². The van der Waals surface area contributed by atoms with Gasteiger partial charge in [0.2, 0.25) is 0 Å². The lowest BCUT2D eigenvalue weighted by atomic mass is 9.78. The Bertz CT molecular complexity index is 632. The molecule has 0 saturated carbocycles. The maximum Gasteiger partial charge on any atom is 0.101 e. The first-order chi connectivity index (χ1) is 9.86. The molecule has 1 aromatic carbocycles. The molecule has 0 bridgehead atoms. The van der Waals surface area contributed by atoms with Crippen molar-refractivity contribution in [2.45, 2.75) is 44.6 Å². The molecule has 0 radical (unpaired) electrons. The molecular weight excluding hydrogens is 264 g/mol. The van der Waals surface area contributed by atoms with Gasteiger partial charge in [-0.15, -0.1) is 11.3 Å². The van der Waals surface area contributed by atoms with Crippen molar-refractivity contribution in [3.8, 4) is 0 Å². The van der Waals surface area contributed by atoms with Crippen LogP contribution in [0.15, 0.2) is 24.3 Å². The summed E-state index contributed by atoms with van der Waals surface area (Å²) in [5.74, 6) is 0.559. The highest BCUT2D eigenvalue weighted by atomic mass is 32.1. The highest BCUT2D eigenvalue weighted by Gasteiger charge is 2.32. The van der Waals surface area contributed by atoms with Gasteiger partial charge in [-0.05, 0) is 43.4 Å². The van der Waals surface area contributed by atoms with Crippen LogP contribution in [0.5, 0.6) is 0 Å². The van der Waals surface area contributed by atoms with E-state index in [0.717, 1.165) is 6.54 Å². The van der Waals surface area contributed by atoms with Crippen molar-refractivity contribution in [3.63, 3.8) is 0 Å². The van der Waals surface area contributed by atoms with Gasteiger partial charge in [0.25, 0.3) is 0 Å². The molecule has 2 aromatic rings. The minimum Gasteiger partial charge on any atom is -0.309 e. The van der Waals surface area contributed by atoms with Crippen LogP contribution in [-0.2, 0) is 12.8 Å². The van der Waals surface area contributed by atoms with Crippen molar-refractivity contribution in [1.82, 2.24) is 10.3 Å². The Morgan fingerprint density at radius 1 is 1.35 bits per heavy atom. The van der Waals surface area contributed by atoms with Crippen LogP contribution < -0.4 is 5.32 Å².